The standard InChI is InChI=1S/C19H24N2O2/c1-3-5-11-15(4-2)20-18(22)16-12-13-17(21-19(16)23)14-9-7-6-8-10-14/h6-10,12-13,15H,3-5,11H2,1-2H3,(H,20,22)(H,21,23)/t15-/m0/s1. The van der Waals surface area contributed by atoms with Gasteiger partial charge in [0.1, 0.15) is 5.56 Å². The average molecular weight is 312 g/mol. The molecule has 1 heterocycles. The lowest BCUT2D eigenvalue weighted by molar-refractivity contribution is 0.0932. The Bertz CT molecular complexity index is 692. The summed E-state index contributed by atoms with van der Waals surface area (Å²) in [6.07, 6.45) is 3.98. The predicted octanol–water partition coefficient (Wildman–Crippen LogP) is 3.74. The number of unbranched alkanes of at least 4 members (excludes halogenated alkanes) is 1. The molecule has 2 N–H and O–H groups in total. The molecule has 0 spiro atoms. The van der Waals surface area contributed by atoms with Gasteiger partial charge in [0.05, 0.1) is 0 Å². The summed E-state index contributed by atoms with van der Waals surface area (Å²) >= 11 is 0. The molecule has 0 aliphatic rings. The van der Waals surface area contributed by atoms with Crippen molar-refractivity contribution in [2.24, 2.45) is 0 Å². The van der Waals surface area contributed by atoms with Gasteiger partial charge in [-0.05, 0) is 30.5 Å². The van der Waals surface area contributed by atoms with Gasteiger partial charge in [-0.1, -0.05) is 57.0 Å². The number of carbonyl (C=O) groups is 1. The van der Waals surface area contributed by atoms with Gasteiger partial charge in [0.25, 0.3) is 11.5 Å². The zero-order valence-corrected chi connectivity index (χ0v) is 13.8. The van der Waals surface area contributed by atoms with Gasteiger partial charge in [-0.3, -0.25) is 9.59 Å². The first-order valence-corrected chi connectivity index (χ1v) is 8.25. The van der Waals surface area contributed by atoms with E-state index in [9.17, 15) is 9.59 Å². The van der Waals surface area contributed by atoms with Crippen LogP contribution in [0.3, 0.4) is 0 Å². The summed E-state index contributed by atoms with van der Waals surface area (Å²) in [4.78, 5) is 27.3. The van der Waals surface area contributed by atoms with E-state index in [1.807, 2.05) is 37.3 Å². The highest BCUT2D eigenvalue weighted by atomic mass is 16.2. The van der Waals surface area contributed by atoms with Crippen molar-refractivity contribution < 1.29 is 4.79 Å². The summed E-state index contributed by atoms with van der Waals surface area (Å²) in [5.41, 5.74) is 1.45. The third-order valence-electron chi connectivity index (χ3n) is 3.97. The molecule has 0 saturated carbocycles. The van der Waals surface area contributed by atoms with Gasteiger partial charge < -0.3 is 10.3 Å². The van der Waals surface area contributed by atoms with E-state index in [1.165, 1.54) is 0 Å². The van der Waals surface area contributed by atoms with Crippen LogP contribution in [-0.2, 0) is 0 Å². The highest BCUT2D eigenvalue weighted by Crippen LogP contribution is 2.14. The predicted molar refractivity (Wildman–Crippen MR) is 93.6 cm³/mol. The second-order valence-electron chi connectivity index (χ2n) is 5.70. The normalized spacial score (nSPS) is 11.9. The monoisotopic (exact) mass is 312 g/mol. The van der Waals surface area contributed by atoms with Crippen molar-refractivity contribution in [3.05, 3.63) is 58.4 Å². The molecule has 1 amide bonds. The maximum absolute atomic E-state index is 12.3. The van der Waals surface area contributed by atoms with Crippen molar-refractivity contribution in [3.8, 4) is 11.3 Å². The number of nitrogens with one attached hydrogen (secondary N) is 2. The molecule has 0 aliphatic carbocycles. The van der Waals surface area contributed by atoms with E-state index in [0.717, 1.165) is 31.2 Å². The Morgan fingerprint density at radius 1 is 1.13 bits per heavy atom. The molecule has 0 bridgehead atoms. The van der Waals surface area contributed by atoms with Gasteiger partial charge in [-0.15, -0.1) is 0 Å². The lowest BCUT2D eigenvalue weighted by Crippen LogP contribution is -2.37. The van der Waals surface area contributed by atoms with Gasteiger partial charge in [0, 0.05) is 11.7 Å². The van der Waals surface area contributed by atoms with Crippen LogP contribution >= 0.6 is 0 Å². The van der Waals surface area contributed by atoms with Crippen molar-refractivity contribution in [1.82, 2.24) is 10.3 Å². The molecule has 0 saturated heterocycles. The summed E-state index contributed by atoms with van der Waals surface area (Å²) in [5, 5.41) is 2.96. The van der Waals surface area contributed by atoms with Gasteiger partial charge in [0.15, 0.2) is 0 Å². The van der Waals surface area contributed by atoms with Crippen LogP contribution in [0.2, 0.25) is 0 Å². The molecule has 0 radical (unpaired) electrons. The lowest BCUT2D eigenvalue weighted by Gasteiger charge is -2.16. The van der Waals surface area contributed by atoms with E-state index in [-0.39, 0.29) is 23.1 Å². The molecule has 122 valence electrons. The van der Waals surface area contributed by atoms with E-state index in [1.54, 1.807) is 12.1 Å². The fourth-order valence-electron chi connectivity index (χ4n) is 2.53. The van der Waals surface area contributed by atoms with Crippen LogP contribution in [0, 0.1) is 0 Å². The number of benzene rings is 1. The molecule has 4 heteroatoms. The molecular weight excluding hydrogens is 288 g/mol. The van der Waals surface area contributed by atoms with E-state index in [0.29, 0.717) is 5.69 Å². The second kappa shape index (κ2) is 8.32. The van der Waals surface area contributed by atoms with Gasteiger partial charge in [-0.25, -0.2) is 0 Å². The fourth-order valence-corrected chi connectivity index (χ4v) is 2.53. The summed E-state index contributed by atoms with van der Waals surface area (Å²) in [6, 6.07) is 13.1. The topological polar surface area (TPSA) is 62.0 Å². The number of aromatic amines is 1. The largest absolute Gasteiger partial charge is 0.349 e. The fraction of sp³-hybridized carbons (Fsp3) is 0.368. The first kappa shape index (κ1) is 17.0. The SMILES string of the molecule is CCCC[C@H](CC)NC(=O)c1ccc(-c2ccccc2)[nH]c1=O. The number of carbonyl (C=O) groups excluding carboxylic acids is 1. The van der Waals surface area contributed by atoms with Crippen LogP contribution in [0.15, 0.2) is 47.3 Å². The number of hydrogen-bond donors (Lipinski definition) is 2. The third kappa shape index (κ3) is 4.55. The molecule has 4 nitrogen and oxygen atoms in total. The first-order valence-electron chi connectivity index (χ1n) is 8.25. The third-order valence-corrected chi connectivity index (χ3v) is 3.97. The summed E-state index contributed by atoms with van der Waals surface area (Å²) in [7, 11) is 0. The quantitative estimate of drug-likeness (QED) is 0.818. The minimum Gasteiger partial charge on any atom is -0.349 e. The first-order chi connectivity index (χ1) is 11.2. The maximum Gasteiger partial charge on any atom is 0.261 e. The van der Waals surface area contributed by atoms with Crippen molar-refractivity contribution in [2.75, 3.05) is 0 Å². The Morgan fingerprint density at radius 2 is 1.87 bits per heavy atom. The van der Waals surface area contributed by atoms with E-state index >= 15 is 0 Å². The molecule has 1 aromatic heterocycles. The van der Waals surface area contributed by atoms with Crippen LogP contribution in [-0.4, -0.2) is 16.9 Å². The number of amides is 1. The van der Waals surface area contributed by atoms with E-state index in [2.05, 4.69) is 17.2 Å². The van der Waals surface area contributed by atoms with Crippen molar-refractivity contribution in [1.29, 1.82) is 0 Å². The molecule has 0 unspecified atom stereocenters. The number of rotatable bonds is 7. The van der Waals surface area contributed by atoms with Crippen LogP contribution < -0.4 is 10.9 Å². The number of hydrogen-bond acceptors (Lipinski definition) is 2. The second-order valence-corrected chi connectivity index (χ2v) is 5.70. The Labute approximate surface area is 137 Å². The Morgan fingerprint density at radius 3 is 2.48 bits per heavy atom. The highest BCUT2D eigenvalue weighted by Gasteiger charge is 2.15. The molecule has 2 rings (SSSR count). The Kier molecular flexibility index (Phi) is 6.15. The summed E-state index contributed by atoms with van der Waals surface area (Å²) in [5.74, 6) is -0.297. The highest BCUT2D eigenvalue weighted by molar-refractivity contribution is 5.94. The van der Waals surface area contributed by atoms with Gasteiger partial charge >= 0.3 is 0 Å². The van der Waals surface area contributed by atoms with Crippen LogP contribution in [0.25, 0.3) is 11.3 Å². The van der Waals surface area contributed by atoms with Crippen LogP contribution in [0.5, 0.6) is 0 Å². The minimum atomic E-state index is -0.353. The smallest absolute Gasteiger partial charge is 0.261 e. The molecule has 0 aliphatic heterocycles. The van der Waals surface area contributed by atoms with Crippen molar-refractivity contribution >= 4 is 5.91 Å². The molecule has 2 aromatic rings. The van der Waals surface area contributed by atoms with Crippen LogP contribution in [0.4, 0.5) is 0 Å². The maximum atomic E-state index is 12.3. The van der Waals surface area contributed by atoms with E-state index < -0.39 is 0 Å². The lowest BCUT2D eigenvalue weighted by atomic mass is 10.1. The van der Waals surface area contributed by atoms with Crippen LogP contribution in [0.1, 0.15) is 49.9 Å². The Balaban J connectivity index is 2.14. The van der Waals surface area contributed by atoms with Crippen molar-refractivity contribution in [3.63, 3.8) is 0 Å². The zero-order chi connectivity index (χ0) is 16.7. The average Bonchev–Trinajstić information content (AvgIpc) is 2.59. The van der Waals surface area contributed by atoms with Crippen molar-refractivity contribution in [2.45, 2.75) is 45.6 Å². The van der Waals surface area contributed by atoms with Gasteiger partial charge in [-0.2, -0.15) is 0 Å². The molecule has 0 fully saturated rings. The molecule has 1 aromatic carbocycles. The summed E-state index contributed by atoms with van der Waals surface area (Å²) < 4.78 is 0. The molecule has 23 heavy (non-hydrogen) atoms. The summed E-state index contributed by atoms with van der Waals surface area (Å²) in [6.45, 7) is 4.17. The molecule has 1 atom stereocenters. The molecular formula is C19H24N2O2. The number of aromatic nitrogens is 1. The van der Waals surface area contributed by atoms with Gasteiger partial charge in [0.2, 0.25) is 0 Å². The Hall–Kier alpha value is -2.36. The number of H-pyrrole nitrogens is 1. The zero-order valence-electron chi connectivity index (χ0n) is 13.8. The number of pyridine rings is 1. The van der Waals surface area contributed by atoms with E-state index in [4.69, 9.17) is 0 Å². The minimum absolute atomic E-state index is 0.121.